The van der Waals surface area contributed by atoms with Crippen LogP contribution in [-0.2, 0) is 14.8 Å². The number of anilines is 1. The van der Waals surface area contributed by atoms with Crippen LogP contribution in [0.25, 0.3) is 0 Å². The minimum atomic E-state index is -4.16. The van der Waals surface area contributed by atoms with Gasteiger partial charge < -0.3 is 5.11 Å². The van der Waals surface area contributed by atoms with E-state index in [2.05, 4.69) is 0 Å². The first-order chi connectivity index (χ1) is 10.3. The number of aliphatic carboxylic acids is 1. The minimum Gasteiger partial charge on any atom is -0.480 e. The van der Waals surface area contributed by atoms with E-state index < -0.39 is 28.4 Å². The average Bonchev–Trinajstić information content (AvgIpc) is 2.45. The quantitative estimate of drug-likeness (QED) is 0.905. The van der Waals surface area contributed by atoms with E-state index in [1.165, 1.54) is 24.3 Å². The van der Waals surface area contributed by atoms with Crippen LogP contribution < -0.4 is 4.31 Å². The SMILES string of the molecule is O=C(O)CN(c1cccc(Cl)c1)S(=O)(=O)c1ccc(F)cc1. The van der Waals surface area contributed by atoms with Crippen LogP contribution in [0.4, 0.5) is 10.1 Å². The second-order valence-corrected chi connectivity index (χ2v) is 6.64. The van der Waals surface area contributed by atoms with Gasteiger partial charge in [-0.3, -0.25) is 9.10 Å². The Labute approximate surface area is 131 Å². The highest BCUT2D eigenvalue weighted by molar-refractivity contribution is 7.92. The summed E-state index contributed by atoms with van der Waals surface area (Å²) >= 11 is 5.82. The fourth-order valence-electron chi connectivity index (χ4n) is 1.80. The number of rotatable bonds is 5. The minimum absolute atomic E-state index is 0.110. The fraction of sp³-hybridized carbons (Fsp3) is 0.0714. The highest BCUT2D eigenvalue weighted by Gasteiger charge is 2.27. The molecular formula is C14H11ClFNO4S. The lowest BCUT2D eigenvalue weighted by atomic mass is 10.3. The molecule has 0 aliphatic carbocycles. The van der Waals surface area contributed by atoms with Crippen molar-refractivity contribution in [3.8, 4) is 0 Å². The van der Waals surface area contributed by atoms with Gasteiger partial charge >= 0.3 is 5.97 Å². The molecule has 0 saturated carbocycles. The maximum absolute atomic E-state index is 12.9. The van der Waals surface area contributed by atoms with Crippen molar-refractivity contribution in [2.75, 3.05) is 10.8 Å². The highest BCUT2D eigenvalue weighted by Crippen LogP contribution is 2.26. The summed E-state index contributed by atoms with van der Waals surface area (Å²) in [4.78, 5) is 10.8. The third-order valence-electron chi connectivity index (χ3n) is 2.78. The van der Waals surface area contributed by atoms with Gasteiger partial charge in [0.1, 0.15) is 12.4 Å². The zero-order valence-corrected chi connectivity index (χ0v) is 12.7. The normalized spacial score (nSPS) is 11.2. The predicted molar refractivity (Wildman–Crippen MR) is 80.0 cm³/mol. The lowest BCUT2D eigenvalue weighted by Crippen LogP contribution is -2.35. The lowest BCUT2D eigenvalue weighted by Gasteiger charge is -2.22. The maximum atomic E-state index is 12.9. The monoisotopic (exact) mass is 343 g/mol. The first-order valence-electron chi connectivity index (χ1n) is 6.06. The molecule has 116 valence electrons. The molecule has 0 aromatic heterocycles. The van der Waals surface area contributed by atoms with Crippen LogP contribution in [0, 0.1) is 5.82 Å². The molecule has 0 aliphatic heterocycles. The molecule has 0 fully saturated rings. The van der Waals surface area contributed by atoms with Crippen molar-refractivity contribution < 1.29 is 22.7 Å². The Morgan fingerprint density at radius 3 is 2.36 bits per heavy atom. The second-order valence-electron chi connectivity index (χ2n) is 4.34. The summed E-state index contributed by atoms with van der Waals surface area (Å²) < 4.78 is 38.8. The van der Waals surface area contributed by atoms with E-state index in [1.54, 1.807) is 0 Å². The Bertz CT molecular complexity index is 793. The summed E-state index contributed by atoms with van der Waals surface area (Å²) in [5.74, 6) is -1.92. The molecule has 1 N–H and O–H groups in total. The van der Waals surface area contributed by atoms with Gasteiger partial charge in [0.2, 0.25) is 0 Å². The van der Waals surface area contributed by atoms with E-state index in [-0.39, 0.29) is 15.6 Å². The van der Waals surface area contributed by atoms with Crippen LogP contribution in [0.15, 0.2) is 53.4 Å². The van der Waals surface area contributed by atoms with E-state index in [4.69, 9.17) is 16.7 Å². The van der Waals surface area contributed by atoms with E-state index in [9.17, 15) is 17.6 Å². The second kappa shape index (κ2) is 6.33. The van der Waals surface area contributed by atoms with Crippen LogP contribution in [0.2, 0.25) is 5.02 Å². The van der Waals surface area contributed by atoms with Crippen molar-refractivity contribution in [2.24, 2.45) is 0 Å². The first-order valence-corrected chi connectivity index (χ1v) is 7.88. The Morgan fingerprint density at radius 1 is 1.18 bits per heavy atom. The molecule has 22 heavy (non-hydrogen) atoms. The smallest absolute Gasteiger partial charge is 0.324 e. The van der Waals surface area contributed by atoms with Crippen LogP contribution >= 0.6 is 11.6 Å². The molecule has 0 amide bonds. The number of carbonyl (C=O) groups is 1. The molecule has 2 rings (SSSR count). The number of benzene rings is 2. The van der Waals surface area contributed by atoms with Gasteiger partial charge in [-0.05, 0) is 42.5 Å². The van der Waals surface area contributed by atoms with Crippen molar-refractivity contribution >= 4 is 33.3 Å². The van der Waals surface area contributed by atoms with Crippen molar-refractivity contribution in [1.82, 2.24) is 0 Å². The standard InChI is InChI=1S/C14H11ClFNO4S/c15-10-2-1-3-12(8-10)17(9-14(18)19)22(20,21)13-6-4-11(16)5-7-13/h1-8H,9H2,(H,18,19). The van der Waals surface area contributed by atoms with E-state index in [0.29, 0.717) is 4.31 Å². The lowest BCUT2D eigenvalue weighted by molar-refractivity contribution is -0.135. The zero-order valence-electron chi connectivity index (χ0n) is 11.1. The van der Waals surface area contributed by atoms with E-state index in [1.807, 2.05) is 0 Å². The molecule has 2 aromatic carbocycles. The van der Waals surface area contributed by atoms with Crippen molar-refractivity contribution in [1.29, 1.82) is 0 Å². The Hall–Kier alpha value is -2.12. The van der Waals surface area contributed by atoms with Gasteiger partial charge in [-0.25, -0.2) is 12.8 Å². The van der Waals surface area contributed by atoms with Gasteiger partial charge in [-0.1, -0.05) is 17.7 Å². The number of sulfonamides is 1. The zero-order chi connectivity index (χ0) is 16.3. The van der Waals surface area contributed by atoms with Crippen LogP contribution in [0.5, 0.6) is 0 Å². The molecule has 2 aromatic rings. The summed E-state index contributed by atoms with van der Waals surface area (Å²) in [6.07, 6.45) is 0. The van der Waals surface area contributed by atoms with E-state index in [0.717, 1.165) is 24.3 Å². The molecule has 0 spiro atoms. The number of carboxylic acid groups (broad SMARTS) is 1. The van der Waals surface area contributed by atoms with Crippen molar-refractivity contribution in [3.05, 3.63) is 59.4 Å². The number of nitrogens with zero attached hydrogens (tertiary/aromatic N) is 1. The largest absolute Gasteiger partial charge is 0.480 e. The van der Waals surface area contributed by atoms with Crippen LogP contribution in [-0.4, -0.2) is 26.0 Å². The molecule has 0 heterocycles. The third kappa shape index (κ3) is 3.55. The Kier molecular flexibility index (Phi) is 4.68. The molecule has 0 atom stereocenters. The first kappa shape index (κ1) is 16.3. The topological polar surface area (TPSA) is 74.7 Å². The van der Waals surface area contributed by atoms with Gasteiger partial charge in [0.15, 0.2) is 0 Å². The number of carboxylic acids is 1. The maximum Gasteiger partial charge on any atom is 0.324 e. The highest BCUT2D eigenvalue weighted by atomic mass is 35.5. The summed E-state index contributed by atoms with van der Waals surface area (Å²) in [7, 11) is -4.16. The average molecular weight is 344 g/mol. The molecule has 0 unspecified atom stereocenters. The van der Waals surface area contributed by atoms with Gasteiger partial charge in [-0.15, -0.1) is 0 Å². The van der Waals surface area contributed by atoms with Crippen LogP contribution in [0.3, 0.4) is 0 Å². The molecule has 8 heteroatoms. The Balaban J connectivity index is 2.53. The summed E-state index contributed by atoms with van der Waals surface area (Å²) in [5.41, 5.74) is 0.110. The molecule has 5 nitrogen and oxygen atoms in total. The summed E-state index contributed by atoms with van der Waals surface area (Å²) in [6, 6.07) is 9.93. The van der Waals surface area contributed by atoms with Gasteiger partial charge in [-0.2, -0.15) is 0 Å². The van der Waals surface area contributed by atoms with Gasteiger partial charge in [0.05, 0.1) is 10.6 Å². The van der Waals surface area contributed by atoms with Crippen molar-refractivity contribution in [2.45, 2.75) is 4.90 Å². The molecular weight excluding hydrogens is 333 g/mol. The number of hydrogen-bond donors (Lipinski definition) is 1. The number of halogens is 2. The predicted octanol–water partition coefficient (Wildman–Crippen LogP) is 2.76. The molecule has 0 saturated heterocycles. The fourth-order valence-corrected chi connectivity index (χ4v) is 3.39. The molecule has 0 bridgehead atoms. The van der Waals surface area contributed by atoms with E-state index >= 15 is 0 Å². The van der Waals surface area contributed by atoms with Crippen molar-refractivity contribution in [3.63, 3.8) is 0 Å². The molecule has 0 radical (unpaired) electrons. The van der Waals surface area contributed by atoms with Gasteiger partial charge in [0, 0.05) is 5.02 Å². The summed E-state index contributed by atoms with van der Waals surface area (Å²) in [6.45, 7) is -0.778. The van der Waals surface area contributed by atoms with Crippen LogP contribution in [0.1, 0.15) is 0 Å². The Morgan fingerprint density at radius 2 is 1.82 bits per heavy atom. The van der Waals surface area contributed by atoms with Gasteiger partial charge in [0.25, 0.3) is 10.0 Å². The summed E-state index contributed by atoms with van der Waals surface area (Å²) in [5, 5.41) is 9.24. The molecule has 0 aliphatic rings. The third-order valence-corrected chi connectivity index (χ3v) is 4.80. The number of hydrogen-bond acceptors (Lipinski definition) is 3.